The molecule has 0 aliphatic rings. The zero-order valence-corrected chi connectivity index (χ0v) is 20.8. The van der Waals surface area contributed by atoms with Crippen molar-refractivity contribution < 1.29 is 37.3 Å². The van der Waals surface area contributed by atoms with Crippen LogP contribution in [-0.4, -0.2) is 9.55 Å². The van der Waals surface area contributed by atoms with E-state index in [0.29, 0.717) is 28.1 Å². The van der Waals surface area contributed by atoms with Gasteiger partial charge in [0.05, 0.1) is 23.0 Å². The molecule has 0 unspecified atom stereocenters. The average molecular weight is 640 g/mol. The summed E-state index contributed by atoms with van der Waals surface area (Å²) < 4.78 is 53.3. The Hall–Kier alpha value is -3.79. The van der Waals surface area contributed by atoms with Crippen molar-refractivity contribution in [3.8, 4) is 28.1 Å². The molecule has 0 N–H and O–H groups in total. The third kappa shape index (κ3) is 5.48. The fourth-order valence-corrected chi connectivity index (χ4v) is 3.53. The molecule has 0 saturated carbocycles. The van der Waals surface area contributed by atoms with Gasteiger partial charge in [0.1, 0.15) is 0 Å². The van der Waals surface area contributed by atoms with E-state index in [-0.39, 0.29) is 20.1 Å². The SMILES string of the molecule is [2H]C([2H])([2H])[n+]1[c-]n(-c2coc3ccc[c-]c23)cc1.[2H]C([2H])([2H])c1cc(-c2[c-]cccc2)ncc1-c1ccccc1.[Ir+3]. The molecule has 3 heterocycles. The summed E-state index contributed by atoms with van der Waals surface area (Å²) in [5.74, 6) is 0. The fourth-order valence-electron chi connectivity index (χ4n) is 3.53. The van der Waals surface area contributed by atoms with Gasteiger partial charge in [-0.3, -0.25) is 0 Å². The quantitative estimate of drug-likeness (QED) is 0.172. The van der Waals surface area contributed by atoms with Crippen molar-refractivity contribution >= 4 is 11.0 Å². The Labute approximate surface area is 227 Å². The van der Waals surface area contributed by atoms with Crippen LogP contribution in [0.15, 0.2) is 108 Å². The molecule has 6 rings (SSSR count). The first-order valence-corrected chi connectivity index (χ1v) is 10.6. The summed E-state index contributed by atoms with van der Waals surface area (Å²) in [4.78, 5) is 4.42. The molecule has 0 amide bonds. The Morgan fingerprint density at radius 1 is 1.00 bits per heavy atom. The number of aromatic nitrogens is 3. The fraction of sp³-hybridized carbons (Fsp3) is 0.0667. The summed E-state index contributed by atoms with van der Waals surface area (Å²) >= 11 is 0. The monoisotopic (exact) mass is 640 g/mol. The number of furan rings is 1. The number of pyridine rings is 1. The second-order valence-electron chi connectivity index (χ2n) is 7.43. The number of hydrogen-bond acceptors (Lipinski definition) is 2. The zero-order valence-electron chi connectivity index (χ0n) is 24.4. The molecule has 3 aromatic carbocycles. The Morgan fingerprint density at radius 2 is 1.86 bits per heavy atom. The summed E-state index contributed by atoms with van der Waals surface area (Å²) in [5, 5.41) is 0.794. The molecule has 0 spiro atoms. The molecule has 0 aliphatic heterocycles. The van der Waals surface area contributed by atoms with Crippen LogP contribution in [0, 0.1) is 25.3 Å². The maximum absolute atomic E-state index is 7.82. The summed E-state index contributed by atoms with van der Waals surface area (Å²) in [6.45, 7) is -4.42. The van der Waals surface area contributed by atoms with Crippen LogP contribution in [0.3, 0.4) is 0 Å². The summed E-state index contributed by atoms with van der Waals surface area (Å²) in [6.07, 6.45) is 9.00. The Kier molecular flexibility index (Phi) is 5.58. The van der Waals surface area contributed by atoms with Crippen molar-refractivity contribution in [3.63, 3.8) is 0 Å². The van der Waals surface area contributed by atoms with Gasteiger partial charge in [-0.25, -0.2) is 0 Å². The largest absolute Gasteiger partial charge is 3.00 e. The molecule has 0 saturated heterocycles. The van der Waals surface area contributed by atoms with Gasteiger partial charge < -0.3 is 18.5 Å². The molecule has 0 fully saturated rings. The van der Waals surface area contributed by atoms with Crippen molar-refractivity contribution in [3.05, 3.63) is 128 Å². The van der Waals surface area contributed by atoms with Crippen LogP contribution in [0.5, 0.6) is 0 Å². The van der Waals surface area contributed by atoms with E-state index in [1.165, 1.54) is 6.20 Å². The molecule has 35 heavy (non-hydrogen) atoms. The first kappa shape index (κ1) is 17.6. The summed E-state index contributed by atoms with van der Waals surface area (Å²) in [5.41, 5.74) is 4.62. The molecule has 3 aromatic heterocycles. The smallest absolute Gasteiger partial charge is 0.514 e. The third-order valence-corrected chi connectivity index (χ3v) is 5.19. The van der Waals surface area contributed by atoms with Crippen LogP contribution >= 0.6 is 0 Å². The van der Waals surface area contributed by atoms with Crippen LogP contribution in [-0.2, 0) is 27.1 Å². The van der Waals surface area contributed by atoms with Crippen LogP contribution < -0.4 is 4.57 Å². The van der Waals surface area contributed by atoms with Crippen molar-refractivity contribution in [2.75, 3.05) is 0 Å². The van der Waals surface area contributed by atoms with E-state index in [9.17, 15) is 0 Å². The second kappa shape index (κ2) is 11.1. The van der Waals surface area contributed by atoms with Crippen molar-refractivity contribution in [2.45, 2.75) is 6.85 Å². The molecule has 0 atom stereocenters. The van der Waals surface area contributed by atoms with E-state index in [1.807, 2.05) is 60.7 Å². The maximum atomic E-state index is 7.82. The first-order chi connectivity index (χ1) is 19.1. The van der Waals surface area contributed by atoms with Crippen molar-refractivity contribution in [1.82, 2.24) is 9.55 Å². The van der Waals surface area contributed by atoms with E-state index < -0.39 is 13.8 Å². The Bertz CT molecular complexity index is 1730. The number of benzene rings is 3. The van der Waals surface area contributed by atoms with Gasteiger partial charge in [0.25, 0.3) is 0 Å². The van der Waals surface area contributed by atoms with E-state index >= 15 is 0 Å². The van der Waals surface area contributed by atoms with Crippen molar-refractivity contribution in [1.29, 1.82) is 0 Å². The maximum Gasteiger partial charge on any atom is 3.00 e. The molecule has 0 radical (unpaired) electrons. The molecule has 5 heteroatoms. The van der Waals surface area contributed by atoms with E-state index in [4.69, 9.17) is 12.6 Å². The standard InChI is InChI=1S/C18H14N.C12H9N2O.Ir/c1-14-12-18(16-10-6-3-7-11-16)19-13-17(14)15-8-4-2-5-9-15;1-13-6-7-14(9-13)11-8-15-12-5-3-2-4-10(11)12;/h2-10,12-13H,1H3;2-3,5-8H,1H3;/q2*-1;+3/i2*1D3;. The van der Waals surface area contributed by atoms with Gasteiger partial charge in [-0.05, 0) is 23.7 Å². The van der Waals surface area contributed by atoms with Crippen molar-refractivity contribution in [2.24, 2.45) is 6.98 Å². The molecule has 0 bridgehead atoms. The number of fused-ring (bicyclic) bond motifs is 1. The molecular weight excluding hydrogens is 611 g/mol. The van der Waals surface area contributed by atoms with Gasteiger partial charge in [-0.1, -0.05) is 41.8 Å². The van der Waals surface area contributed by atoms with Gasteiger partial charge in [-0.15, -0.1) is 60.2 Å². The summed E-state index contributed by atoms with van der Waals surface area (Å²) in [7, 11) is 0. The number of rotatable bonds is 3. The van der Waals surface area contributed by atoms with E-state index in [0.717, 1.165) is 21.1 Å². The van der Waals surface area contributed by atoms with E-state index in [1.54, 1.807) is 41.4 Å². The van der Waals surface area contributed by atoms with Gasteiger partial charge >= 0.3 is 20.1 Å². The predicted octanol–water partition coefficient (Wildman–Crippen LogP) is 6.17. The van der Waals surface area contributed by atoms with Gasteiger partial charge in [-0.2, -0.15) is 0 Å². The minimum absolute atomic E-state index is 0. The van der Waals surface area contributed by atoms with Gasteiger partial charge in [0.15, 0.2) is 0 Å². The molecule has 4 nitrogen and oxygen atoms in total. The Balaban J connectivity index is 0.000000188. The second-order valence-corrected chi connectivity index (χ2v) is 7.43. The number of hydrogen-bond donors (Lipinski definition) is 0. The number of aryl methyl sites for hydroxylation is 2. The third-order valence-electron chi connectivity index (χ3n) is 5.19. The zero-order chi connectivity index (χ0) is 28.3. The normalized spacial score (nSPS) is 13.6. The average Bonchev–Trinajstić information content (AvgIpc) is 3.61. The van der Waals surface area contributed by atoms with Crippen LogP contribution in [0.4, 0.5) is 0 Å². The van der Waals surface area contributed by atoms with Gasteiger partial charge in [0, 0.05) is 33.8 Å². The number of imidazole rings is 1. The molecular formula is C30H23IrN3O+. The minimum Gasteiger partial charge on any atom is -0.514 e. The Morgan fingerprint density at radius 3 is 2.63 bits per heavy atom. The molecule has 0 aliphatic carbocycles. The number of nitrogens with zero attached hydrogens (tertiary/aromatic N) is 3. The predicted molar refractivity (Wildman–Crippen MR) is 133 cm³/mol. The minimum atomic E-state index is -2.23. The molecule has 172 valence electrons. The topological polar surface area (TPSA) is 34.8 Å². The first-order valence-electron chi connectivity index (χ1n) is 13.6. The van der Waals surface area contributed by atoms with E-state index in [2.05, 4.69) is 23.4 Å². The van der Waals surface area contributed by atoms with Crippen LogP contribution in [0.25, 0.3) is 39.0 Å². The van der Waals surface area contributed by atoms with Gasteiger partial charge in [0.2, 0.25) is 6.33 Å². The van der Waals surface area contributed by atoms with Crippen LogP contribution in [0.2, 0.25) is 0 Å². The van der Waals surface area contributed by atoms with Crippen LogP contribution in [0.1, 0.15) is 13.8 Å². The summed E-state index contributed by atoms with van der Waals surface area (Å²) in [6, 6.07) is 30.1. The molecule has 6 aromatic rings.